The van der Waals surface area contributed by atoms with Crippen molar-refractivity contribution in [2.45, 2.75) is 20.4 Å². The lowest BCUT2D eigenvalue weighted by Crippen LogP contribution is -2.36. The molecule has 2 N–H and O–H groups in total. The summed E-state index contributed by atoms with van der Waals surface area (Å²) in [5, 5.41) is 8.64. The van der Waals surface area contributed by atoms with E-state index < -0.39 is 0 Å². The Bertz CT molecular complexity index is 597. The summed E-state index contributed by atoms with van der Waals surface area (Å²) in [6.07, 6.45) is 0. The van der Waals surface area contributed by atoms with Crippen LogP contribution in [0.5, 0.6) is 5.75 Å². The third-order valence-corrected chi connectivity index (χ3v) is 4.08. The highest BCUT2D eigenvalue weighted by molar-refractivity contribution is 7.10. The zero-order chi connectivity index (χ0) is 15.8. The predicted molar refractivity (Wildman–Crippen MR) is 94.8 cm³/mol. The Morgan fingerprint density at radius 2 is 1.77 bits per heavy atom. The van der Waals surface area contributed by atoms with Crippen molar-refractivity contribution in [3.63, 3.8) is 0 Å². The number of hydrogen-bond donors (Lipinski definition) is 2. The van der Waals surface area contributed by atoms with Gasteiger partial charge in [0.2, 0.25) is 0 Å². The second-order valence-corrected chi connectivity index (χ2v) is 5.75. The molecular weight excluding hydrogens is 294 g/mol. The first-order valence-electron chi connectivity index (χ1n) is 7.50. The molecule has 0 aliphatic carbocycles. The first-order valence-corrected chi connectivity index (χ1v) is 8.38. The van der Waals surface area contributed by atoms with Crippen LogP contribution in [-0.2, 0) is 6.54 Å². The number of aliphatic imine (C=N–C) groups is 1. The normalized spacial score (nSPS) is 10.1. The van der Waals surface area contributed by atoms with Gasteiger partial charge < -0.3 is 15.4 Å². The molecule has 0 aliphatic rings. The van der Waals surface area contributed by atoms with Crippen LogP contribution in [0.2, 0.25) is 0 Å². The zero-order valence-corrected chi connectivity index (χ0v) is 14.2. The zero-order valence-electron chi connectivity index (χ0n) is 13.3. The minimum atomic E-state index is 0.691. The summed E-state index contributed by atoms with van der Waals surface area (Å²) in [6.45, 7) is 6.57. The SMILES string of the molecule is CCNC(=NCc1cc(-c2ccc(OC)cc2)cs1)NCC. The van der Waals surface area contributed by atoms with Gasteiger partial charge in [-0.2, -0.15) is 0 Å². The molecule has 0 fully saturated rings. The summed E-state index contributed by atoms with van der Waals surface area (Å²) in [5.74, 6) is 1.74. The van der Waals surface area contributed by atoms with E-state index in [1.165, 1.54) is 16.0 Å². The Morgan fingerprint density at radius 3 is 2.36 bits per heavy atom. The van der Waals surface area contributed by atoms with Crippen molar-refractivity contribution in [1.29, 1.82) is 0 Å². The number of nitrogens with one attached hydrogen (secondary N) is 2. The van der Waals surface area contributed by atoms with Gasteiger partial charge in [0.15, 0.2) is 5.96 Å². The van der Waals surface area contributed by atoms with Crippen LogP contribution in [0.15, 0.2) is 40.7 Å². The van der Waals surface area contributed by atoms with Gasteiger partial charge in [-0.1, -0.05) is 12.1 Å². The molecule has 0 spiro atoms. The first kappa shape index (κ1) is 16.4. The molecule has 0 saturated carbocycles. The van der Waals surface area contributed by atoms with E-state index in [9.17, 15) is 0 Å². The summed E-state index contributed by atoms with van der Waals surface area (Å²) in [4.78, 5) is 5.84. The maximum Gasteiger partial charge on any atom is 0.191 e. The van der Waals surface area contributed by atoms with E-state index in [2.05, 4.69) is 53.1 Å². The molecular formula is C17H23N3OS. The minimum Gasteiger partial charge on any atom is -0.497 e. The fraction of sp³-hybridized carbons (Fsp3) is 0.353. The Hall–Kier alpha value is -2.01. The van der Waals surface area contributed by atoms with E-state index in [-0.39, 0.29) is 0 Å². The molecule has 22 heavy (non-hydrogen) atoms. The molecule has 118 valence electrons. The lowest BCUT2D eigenvalue weighted by atomic mass is 10.1. The lowest BCUT2D eigenvalue weighted by Gasteiger charge is -2.08. The minimum absolute atomic E-state index is 0.691. The molecule has 0 atom stereocenters. The Kier molecular flexibility index (Phi) is 6.27. The average Bonchev–Trinajstić information content (AvgIpc) is 3.02. The number of thiophene rings is 1. The van der Waals surface area contributed by atoms with Crippen LogP contribution >= 0.6 is 11.3 Å². The highest BCUT2D eigenvalue weighted by Crippen LogP contribution is 2.27. The topological polar surface area (TPSA) is 45.7 Å². The quantitative estimate of drug-likeness (QED) is 0.633. The molecule has 2 rings (SSSR count). The predicted octanol–water partition coefficient (Wildman–Crippen LogP) is 3.50. The molecule has 5 heteroatoms. The number of nitrogens with zero attached hydrogens (tertiary/aromatic N) is 1. The van der Waals surface area contributed by atoms with Gasteiger partial charge in [-0.3, -0.25) is 0 Å². The van der Waals surface area contributed by atoms with E-state index in [0.29, 0.717) is 6.54 Å². The van der Waals surface area contributed by atoms with Crippen molar-refractivity contribution in [3.8, 4) is 16.9 Å². The molecule has 0 saturated heterocycles. The molecule has 1 aromatic carbocycles. The van der Waals surface area contributed by atoms with Crippen molar-refractivity contribution < 1.29 is 4.74 Å². The van der Waals surface area contributed by atoms with Gasteiger partial charge in [-0.15, -0.1) is 11.3 Å². The largest absolute Gasteiger partial charge is 0.497 e. The molecule has 0 amide bonds. The van der Waals surface area contributed by atoms with Crippen molar-refractivity contribution in [3.05, 3.63) is 40.6 Å². The Labute approximate surface area is 136 Å². The van der Waals surface area contributed by atoms with Gasteiger partial charge in [0.1, 0.15) is 5.75 Å². The van der Waals surface area contributed by atoms with Crippen molar-refractivity contribution >= 4 is 17.3 Å². The van der Waals surface area contributed by atoms with Crippen LogP contribution in [0.1, 0.15) is 18.7 Å². The van der Waals surface area contributed by atoms with E-state index >= 15 is 0 Å². The maximum absolute atomic E-state index is 5.19. The monoisotopic (exact) mass is 317 g/mol. The summed E-state index contributed by atoms with van der Waals surface area (Å²) in [6, 6.07) is 10.3. The summed E-state index contributed by atoms with van der Waals surface area (Å²) < 4.78 is 5.19. The third-order valence-electron chi connectivity index (χ3n) is 3.16. The Balaban J connectivity index is 2.05. The standard InChI is InChI=1S/C17H23N3OS/c1-4-18-17(19-5-2)20-11-16-10-14(12-22-16)13-6-8-15(21-3)9-7-13/h6-10,12H,4-5,11H2,1-3H3,(H2,18,19,20). The third kappa shape index (κ3) is 4.49. The van der Waals surface area contributed by atoms with Gasteiger partial charge in [-0.25, -0.2) is 4.99 Å². The van der Waals surface area contributed by atoms with Crippen LogP contribution < -0.4 is 15.4 Å². The molecule has 0 unspecified atom stereocenters. The molecule has 0 bridgehead atoms. The van der Waals surface area contributed by atoms with Crippen LogP contribution in [0.3, 0.4) is 0 Å². The van der Waals surface area contributed by atoms with Crippen molar-refractivity contribution in [2.75, 3.05) is 20.2 Å². The summed E-state index contributed by atoms with van der Waals surface area (Å²) in [7, 11) is 1.68. The van der Waals surface area contributed by atoms with Crippen molar-refractivity contribution in [1.82, 2.24) is 10.6 Å². The molecule has 2 aromatic rings. The Morgan fingerprint density at radius 1 is 1.09 bits per heavy atom. The number of ether oxygens (including phenoxy) is 1. The number of guanidine groups is 1. The fourth-order valence-corrected chi connectivity index (χ4v) is 2.88. The number of hydrogen-bond acceptors (Lipinski definition) is 3. The highest BCUT2D eigenvalue weighted by Gasteiger charge is 2.03. The number of rotatable bonds is 6. The fourth-order valence-electron chi connectivity index (χ4n) is 2.06. The second kappa shape index (κ2) is 8.44. The molecule has 4 nitrogen and oxygen atoms in total. The highest BCUT2D eigenvalue weighted by atomic mass is 32.1. The van der Waals surface area contributed by atoms with Crippen LogP contribution in [0, 0.1) is 0 Å². The molecule has 1 aromatic heterocycles. The van der Waals surface area contributed by atoms with E-state index in [4.69, 9.17) is 4.74 Å². The second-order valence-electron chi connectivity index (χ2n) is 4.76. The number of benzene rings is 1. The smallest absolute Gasteiger partial charge is 0.191 e. The van der Waals surface area contributed by atoms with E-state index in [1.54, 1.807) is 18.4 Å². The lowest BCUT2D eigenvalue weighted by molar-refractivity contribution is 0.415. The van der Waals surface area contributed by atoms with E-state index in [0.717, 1.165) is 24.8 Å². The van der Waals surface area contributed by atoms with Crippen LogP contribution in [0.25, 0.3) is 11.1 Å². The van der Waals surface area contributed by atoms with Gasteiger partial charge in [0, 0.05) is 18.0 Å². The molecule has 0 aliphatic heterocycles. The van der Waals surface area contributed by atoms with E-state index in [1.807, 2.05) is 12.1 Å². The van der Waals surface area contributed by atoms with Crippen molar-refractivity contribution in [2.24, 2.45) is 4.99 Å². The van der Waals surface area contributed by atoms with Crippen LogP contribution in [0.4, 0.5) is 0 Å². The maximum atomic E-state index is 5.19. The van der Waals surface area contributed by atoms with Crippen LogP contribution in [-0.4, -0.2) is 26.2 Å². The summed E-state index contributed by atoms with van der Waals surface area (Å²) in [5.41, 5.74) is 2.43. The van der Waals surface area contributed by atoms with Gasteiger partial charge in [0.25, 0.3) is 0 Å². The van der Waals surface area contributed by atoms with Gasteiger partial charge in [0.05, 0.1) is 13.7 Å². The summed E-state index contributed by atoms with van der Waals surface area (Å²) >= 11 is 1.74. The molecule has 1 heterocycles. The van der Waals surface area contributed by atoms with Gasteiger partial charge in [-0.05, 0) is 48.6 Å². The first-order chi connectivity index (χ1) is 10.8. The number of methoxy groups -OCH3 is 1. The van der Waals surface area contributed by atoms with Gasteiger partial charge >= 0.3 is 0 Å². The molecule has 0 radical (unpaired) electrons. The average molecular weight is 317 g/mol.